The Balaban J connectivity index is 0.00000841. The summed E-state index contributed by atoms with van der Waals surface area (Å²) < 4.78 is 103. The number of fused-ring (bicyclic) bond motifs is 1. The fourth-order valence-electron chi connectivity index (χ4n) is 8.84. The molecule has 0 aliphatic heterocycles. The van der Waals surface area contributed by atoms with Crippen LogP contribution in [0.5, 0.6) is 5.75 Å². The zero-order valence-electron chi connectivity index (χ0n) is 51.5. The minimum Gasteiger partial charge on any atom is -0.507 e. The number of aromatic nitrogens is 3. The largest absolute Gasteiger partial charge is 0.507 e. The molecular weight excluding hydrogens is 1010 g/mol. The molecule has 4 nitrogen and oxygen atoms in total. The molecule has 0 aliphatic rings. The predicted octanol–water partition coefficient (Wildman–Crippen LogP) is 16.7. The van der Waals surface area contributed by atoms with E-state index in [2.05, 4.69) is 65.8 Å². The van der Waals surface area contributed by atoms with Gasteiger partial charge in [-0.05, 0) is 123 Å². The molecule has 68 heavy (non-hydrogen) atoms. The second-order valence-electron chi connectivity index (χ2n) is 19.7. The van der Waals surface area contributed by atoms with Crippen LogP contribution in [0.1, 0.15) is 112 Å². The molecule has 0 saturated heterocycles. The van der Waals surface area contributed by atoms with Crippen LogP contribution in [0.4, 0.5) is 0 Å². The van der Waals surface area contributed by atoms with Crippen molar-refractivity contribution >= 4 is 11.0 Å². The van der Waals surface area contributed by atoms with E-state index in [1.165, 1.54) is 24.3 Å². The molecule has 2 aromatic heterocycles. The van der Waals surface area contributed by atoms with Crippen LogP contribution in [0.2, 0.25) is 0 Å². The van der Waals surface area contributed by atoms with Gasteiger partial charge in [0.05, 0.1) is 22.3 Å². The first-order valence-corrected chi connectivity index (χ1v) is 22.5. The van der Waals surface area contributed by atoms with E-state index in [0.29, 0.717) is 72.7 Å². The zero-order valence-corrected chi connectivity index (χ0v) is 41.8. The second kappa shape index (κ2) is 18.3. The predicted molar refractivity (Wildman–Crippen MR) is 282 cm³/mol. The van der Waals surface area contributed by atoms with Crippen molar-refractivity contribution in [1.29, 1.82) is 0 Å². The Morgan fingerprint density at radius 2 is 1.19 bits per heavy atom. The topological polar surface area (TPSA) is 50.9 Å². The van der Waals surface area contributed by atoms with Gasteiger partial charge >= 0.3 is 0 Å². The van der Waals surface area contributed by atoms with Crippen LogP contribution < -0.4 is 0 Å². The molecule has 0 aliphatic carbocycles. The summed E-state index contributed by atoms with van der Waals surface area (Å²) in [6, 6.07) is 48.2. The number of para-hydroxylation sites is 1. The van der Waals surface area contributed by atoms with E-state index >= 15 is 0 Å². The van der Waals surface area contributed by atoms with Crippen molar-refractivity contribution in [3.05, 3.63) is 191 Å². The summed E-state index contributed by atoms with van der Waals surface area (Å²) in [4.78, 5) is 10.3. The Labute approximate surface area is 435 Å². The Hall–Kier alpha value is -6.35. The third-order valence-electron chi connectivity index (χ3n) is 12.6. The molecule has 9 rings (SSSR count). The molecule has 0 radical (unpaired) electrons. The van der Waals surface area contributed by atoms with E-state index in [1.807, 2.05) is 109 Å². The van der Waals surface area contributed by atoms with Crippen molar-refractivity contribution in [3.8, 4) is 78.6 Å². The van der Waals surface area contributed by atoms with Crippen LogP contribution in [0, 0.1) is 26.8 Å². The van der Waals surface area contributed by atoms with Gasteiger partial charge in [0.2, 0.25) is 0 Å². The van der Waals surface area contributed by atoms with Gasteiger partial charge in [-0.1, -0.05) is 176 Å². The minimum atomic E-state index is -3.40. The van der Waals surface area contributed by atoms with Gasteiger partial charge in [0.1, 0.15) is 11.6 Å². The summed E-state index contributed by atoms with van der Waals surface area (Å²) in [5, 5.41) is 12.0. The van der Waals surface area contributed by atoms with Crippen molar-refractivity contribution in [1.82, 2.24) is 14.5 Å². The molecular formula is C63H62N3OPt-. The van der Waals surface area contributed by atoms with Gasteiger partial charge < -0.3 is 5.11 Å². The van der Waals surface area contributed by atoms with Crippen LogP contribution in [-0.2, 0) is 37.3 Å². The van der Waals surface area contributed by atoms with Gasteiger partial charge in [-0.2, -0.15) is 0 Å². The van der Waals surface area contributed by atoms with Gasteiger partial charge in [0.25, 0.3) is 0 Å². The van der Waals surface area contributed by atoms with Crippen LogP contribution in [0.25, 0.3) is 83.9 Å². The summed E-state index contributed by atoms with van der Waals surface area (Å²) in [7, 11) is 0. The van der Waals surface area contributed by atoms with Crippen LogP contribution in [0.3, 0.4) is 0 Å². The number of aryl methyl sites for hydroxylation is 3. The van der Waals surface area contributed by atoms with Crippen molar-refractivity contribution in [2.24, 2.45) is 0 Å². The number of pyridine rings is 1. The molecule has 7 aromatic carbocycles. The number of benzene rings is 7. The van der Waals surface area contributed by atoms with Crippen molar-refractivity contribution in [2.45, 2.75) is 99.0 Å². The quantitative estimate of drug-likeness (QED) is 0.162. The molecule has 5 heteroatoms. The number of imidazole rings is 1. The maximum absolute atomic E-state index is 12.0. The number of phenolic OH excluding ortho intramolecular Hbond substituents is 1. The zero-order chi connectivity index (χ0) is 57.6. The van der Waals surface area contributed by atoms with Crippen LogP contribution in [-0.4, -0.2) is 19.6 Å². The third kappa shape index (κ3) is 9.41. The molecule has 0 atom stereocenters. The molecule has 1 N–H and O–H groups in total. The second-order valence-corrected chi connectivity index (χ2v) is 19.7. The molecule has 2 heterocycles. The summed E-state index contributed by atoms with van der Waals surface area (Å²) in [6.07, 6.45) is 1.63. The molecule has 0 unspecified atom stereocenters. The van der Waals surface area contributed by atoms with Crippen molar-refractivity contribution < 1.29 is 42.6 Å². The average Bonchev–Trinajstić information content (AvgIpc) is 3.86. The molecule has 9 aromatic rings. The normalized spacial score (nSPS) is 15.4. The van der Waals surface area contributed by atoms with Gasteiger partial charge in [0, 0.05) is 55.0 Å². The van der Waals surface area contributed by atoms with Gasteiger partial charge in [-0.15, -0.1) is 29.3 Å². The first kappa shape index (κ1) is 34.9. The summed E-state index contributed by atoms with van der Waals surface area (Å²) in [6.45, 7) is 3.77. The minimum absolute atomic E-state index is 0. The maximum Gasteiger partial charge on any atom is 0.148 e. The van der Waals surface area contributed by atoms with Crippen LogP contribution >= 0.6 is 0 Å². The first-order valence-electron chi connectivity index (χ1n) is 28.5. The van der Waals surface area contributed by atoms with E-state index in [1.54, 1.807) is 18.3 Å². The first-order chi connectivity index (χ1) is 36.7. The number of nitrogens with zero attached hydrogens (tertiary/aromatic N) is 3. The molecule has 0 saturated carbocycles. The van der Waals surface area contributed by atoms with Gasteiger partial charge in [-0.3, -0.25) is 9.55 Å². The van der Waals surface area contributed by atoms with Gasteiger partial charge in [0.15, 0.2) is 0 Å². The molecule has 0 amide bonds. The van der Waals surface area contributed by atoms with Crippen molar-refractivity contribution in [2.75, 3.05) is 0 Å². The fourth-order valence-corrected chi connectivity index (χ4v) is 8.84. The number of hydrogen-bond acceptors (Lipinski definition) is 3. The molecule has 0 fully saturated rings. The Morgan fingerprint density at radius 3 is 1.85 bits per heavy atom. The third-order valence-corrected chi connectivity index (χ3v) is 12.6. The number of hydrogen-bond donors (Lipinski definition) is 1. The Bertz CT molecular complexity index is 3730. The molecule has 0 spiro atoms. The number of phenols is 1. The van der Waals surface area contributed by atoms with Gasteiger partial charge in [-0.25, -0.2) is 4.98 Å². The van der Waals surface area contributed by atoms with E-state index in [-0.39, 0.29) is 48.8 Å². The molecule has 0 bridgehead atoms. The van der Waals surface area contributed by atoms with Crippen molar-refractivity contribution in [3.63, 3.8) is 0 Å². The van der Waals surface area contributed by atoms with E-state index in [9.17, 15) is 5.11 Å². The Morgan fingerprint density at radius 1 is 0.544 bits per heavy atom. The summed E-state index contributed by atoms with van der Waals surface area (Å²) in [5.41, 5.74) is 8.64. The number of rotatable bonds is 7. The summed E-state index contributed by atoms with van der Waals surface area (Å²) in [5.74, 6) is 0.427. The fraction of sp³-hybridized carbons (Fsp3) is 0.238. The summed E-state index contributed by atoms with van der Waals surface area (Å²) >= 11 is 0. The monoisotopic (exact) mass is 1080 g/mol. The smallest absolute Gasteiger partial charge is 0.148 e. The Kier molecular flexibility index (Phi) is 9.37. The van der Waals surface area contributed by atoms with Crippen LogP contribution in [0.15, 0.2) is 152 Å². The SMILES string of the molecule is [2H]C([2H])([2H])c1cc(-n2c(-c3cc(C)cc(C)c3O)nc3c(-c4[c-]c(-c5cc(-c6ccc(C(C([2H])([2H])[2H])(C([2H])([2H])[2H])C([2H])([2H])[2H])cc6)ccn5)cc(C(C)(C)C)c4)cccc32)c(-c2ccccc2)cc1-c1ccc(C(C)(C)C)cc1.[Pt]. The van der Waals surface area contributed by atoms with E-state index in [4.69, 9.17) is 26.4 Å². The van der Waals surface area contributed by atoms with E-state index in [0.717, 1.165) is 33.4 Å². The maximum atomic E-state index is 12.0. The molecule has 346 valence electrons. The standard InChI is InChI=1S/C63H62N3O.Pt/c1-39-31-41(3)59(67)54(32-39)60-65-58-51(46-34-47(36-50(35-46)63(10,11)12)55-37-45(29-30-64-55)42-21-25-48(26-22-42)61(4,5)6)19-16-20-56(58)66(60)57-33-40(2)52(38-53(57)43-17-14-13-15-18-43)44-23-27-49(28-24-44)62(7,8)9;/h13-33,35-38,67H,1-12H3;/q-1;/i2D3,4D3,5D3,6D3;. The average molecular weight is 1080 g/mol. The number of aromatic hydroxyl groups is 1. The van der Waals surface area contributed by atoms with E-state index < -0.39 is 32.8 Å².